The van der Waals surface area contributed by atoms with Crippen LogP contribution in [0.25, 0.3) is 0 Å². The zero-order chi connectivity index (χ0) is 20.8. The van der Waals surface area contributed by atoms with Gasteiger partial charge in [-0.15, -0.1) is 0 Å². The number of rotatable bonds is 5. The molecule has 2 saturated heterocycles. The molecule has 0 spiro atoms. The Bertz CT molecular complexity index is 840. The molecule has 4 rings (SSSR count). The highest BCUT2D eigenvalue weighted by molar-refractivity contribution is 7.80. The van der Waals surface area contributed by atoms with E-state index < -0.39 is 0 Å². The summed E-state index contributed by atoms with van der Waals surface area (Å²) < 4.78 is 5.60. The quantitative estimate of drug-likeness (QED) is 0.686. The molecule has 2 fully saturated rings. The van der Waals surface area contributed by atoms with Crippen molar-refractivity contribution in [2.75, 3.05) is 41.3 Å². The smallest absolute Gasteiger partial charge is 0.232 e. The van der Waals surface area contributed by atoms with E-state index in [4.69, 9.17) is 26.6 Å². The van der Waals surface area contributed by atoms with Crippen molar-refractivity contribution >= 4 is 34.9 Å². The van der Waals surface area contributed by atoms with Crippen LogP contribution >= 0.6 is 12.2 Å². The van der Waals surface area contributed by atoms with Gasteiger partial charge in [0.15, 0.2) is 5.11 Å². The van der Waals surface area contributed by atoms with E-state index in [1.165, 1.54) is 44.9 Å². The molecule has 0 amide bonds. The van der Waals surface area contributed by atoms with Crippen LogP contribution in [0, 0.1) is 6.92 Å². The number of aryl methyl sites for hydroxylation is 1. The van der Waals surface area contributed by atoms with E-state index in [2.05, 4.69) is 26.5 Å². The topological polar surface area (TPSA) is 69.5 Å². The van der Waals surface area contributed by atoms with Crippen molar-refractivity contribution in [2.45, 2.75) is 58.4 Å². The van der Waals surface area contributed by atoms with Gasteiger partial charge in [-0.2, -0.15) is 9.97 Å². The number of piperidine rings is 1. The molecule has 0 aliphatic carbocycles. The lowest BCUT2D eigenvalue weighted by Crippen LogP contribution is -2.33. The lowest BCUT2D eigenvalue weighted by molar-refractivity contribution is 0.478. The Hall–Kier alpha value is -2.35. The third kappa shape index (κ3) is 5.62. The Labute approximate surface area is 184 Å². The fourth-order valence-electron chi connectivity index (χ4n) is 4.12. The van der Waals surface area contributed by atoms with Gasteiger partial charge in [0.2, 0.25) is 5.95 Å². The maximum atomic E-state index is 5.60. The summed E-state index contributed by atoms with van der Waals surface area (Å²) in [7, 11) is 0. The van der Waals surface area contributed by atoms with Crippen molar-refractivity contribution in [1.29, 1.82) is 0 Å². The molecule has 0 aromatic carbocycles. The van der Waals surface area contributed by atoms with Crippen molar-refractivity contribution in [1.82, 2.24) is 15.3 Å². The fraction of sp³-hybridized carbons (Fsp3) is 0.591. The number of furan rings is 1. The molecule has 2 aromatic rings. The second-order valence-corrected chi connectivity index (χ2v) is 8.59. The summed E-state index contributed by atoms with van der Waals surface area (Å²) in [5.74, 6) is 4.30. The Balaban J connectivity index is 1.49. The SMILES string of the molecule is Cc1ccc(CNC(=S)Nc2nc(N3CCCCCC3)cc(N3CCCCC3)n2)o1. The van der Waals surface area contributed by atoms with E-state index in [9.17, 15) is 0 Å². The highest BCUT2D eigenvalue weighted by atomic mass is 32.1. The summed E-state index contributed by atoms with van der Waals surface area (Å²) in [6.07, 6.45) is 8.76. The lowest BCUT2D eigenvalue weighted by Gasteiger charge is -2.29. The van der Waals surface area contributed by atoms with Gasteiger partial charge in [-0.05, 0) is 63.4 Å². The van der Waals surface area contributed by atoms with Gasteiger partial charge in [-0.3, -0.25) is 0 Å². The number of anilines is 3. The standard InChI is InChI=1S/C22H32N6OS/c1-17-9-10-18(29-17)16-23-22(30)26-21-24-19(27-11-5-2-3-6-12-27)15-20(25-21)28-13-7-4-8-14-28/h9-10,15H,2-8,11-14,16H2,1H3,(H2,23,24,25,26,30). The Kier molecular flexibility index (Phi) is 7.04. The summed E-state index contributed by atoms with van der Waals surface area (Å²) in [5, 5.41) is 6.89. The summed E-state index contributed by atoms with van der Waals surface area (Å²) in [4.78, 5) is 14.4. The van der Waals surface area contributed by atoms with Crippen LogP contribution in [0.15, 0.2) is 22.6 Å². The zero-order valence-corrected chi connectivity index (χ0v) is 18.6. The van der Waals surface area contributed by atoms with Crippen LogP contribution < -0.4 is 20.4 Å². The van der Waals surface area contributed by atoms with E-state index >= 15 is 0 Å². The number of aromatic nitrogens is 2. The third-order valence-electron chi connectivity index (χ3n) is 5.75. The molecule has 2 aliphatic heterocycles. The number of thiocarbonyl (C=S) groups is 1. The maximum Gasteiger partial charge on any atom is 0.232 e. The summed E-state index contributed by atoms with van der Waals surface area (Å²) in [6.45, 7) is 6.68. The van der Waals surface area contributed by atoms with Crippen LogP contribution in [0.3, 0.4) is 0 Å². The molecule has 4 heterocycles. The van der Waals surface area contributed by atoms with Crippen molar-refractivity contribution in [3.05, 3.63) is 29.7 Å². The largest absolute Gasteiger partial charge is 0.465 e. The first-order valence-electron chi connectivity index (χ1n) is 11.2. The third-order valence-corrected chi connectivity index (χ3v) is 6.00. The molecule has 162 valence electrons. The van der Waals surface area contributed by atoms with Crippen LogP contribution in [0.2, 0.25) is 0 Å². The van der Waals surface area contributed by atoms with Crippen LogP contribution in [-0.2, 0) is 6.54 Å². The first-order valence-corrected chi connectivity index (χ1v) is 11.6. The van der Waals surface area contributed by atoms with E-state index in [0.29, 0.717) is 17.6 Å². The van der Waals surface area contributed by atoms with E-state index in [1.54, 1.807) is 0 Å². The minimum absolute atomic E-state index is 0.502. The molecular weight excluding hydrogens is 396 g/mol. The molecule has 30 heavy (non-hydrogen) atoms. The van der Waals surface area contributed by atoms with Gasteiger partial charge in [0.25, 0.3) is 0 Å². The Morgan fingerprint density at radius 1 is 0.933 bits per heavy atom. The number of nitrogens with one attached hydrogen (secondary N) is 2. The number of nitrogens with zero attached hydrogens (tertiary/aromatic N) is 4. The molecule has 0 bridgehead atoms. The van der Waals surface area contributed by atoms with E-state index in [1.807, 2.05) is 19.1 Å². The van der Waals surface area contributed by atoms with Crippen molar-refractivity contribution in [2.24, 2.45) is 0 Å². The van der Waals surface area contributed by atoms with E-state index in [-0.39, 0.29) is 0 Å². The molecular formula is C22H32N6OS. The summed E-state index contributed by atoms with van der Waals surface area (Å²) >= 11 is 5.49. The molecule has 0 unspecified atom stereocenters. The molecule has 0 atom stereocenters. The normalized spacial score (nSPS) is 17.5. The molecule has 8 heteroatoms. The van der Waals surface area contributed by atoms with Crippen LogP contribution in [0.5, 0.6) is 0 Å². The Morgan fingerprint density at radius 3 is 2.03 bits per heavy atom. The van der Waals surface area contributed by atoms with Crippen LogP contribution in [-0.4, -0.2) is 41.3 Å². The second kappa shape index (κ2) is 10.1. The number of hydrogen-bond acceptors (Lipinski definition) is 6. The van der Waals surface area contributed by atoms with Gasteiger partial charge in [-0.1, -0.05) is 12.8 Å². The maximum absolute atomic E-state index is 5.60. The molecule has 0 radical (unpaired) electrons. The molecule has 2 aromatic heterocycles. The molecule has 2 aliphatic rings. The minimum Gasteiger partial charge on any atom is -0.465 e. The van der Waals surface area contributed by atoms with Crippen molar-refractivity contribution in [3.63, 3.8) is 0 Å². The van der Waals surface area contributed by atoms with Crippen molar-refractivity contribution in [3.8, 4) is 0 Å². The Morgan fingerprint density at radius 2 is 1.50 bits per heavy atom. The van der Waals surface area contributed by atoms with E-state index in [0.717, 1.165) is 49.3 Å². The fourth-order valence-corrected chi connectivity index (χ4v) is 4.28. The highest BCUT2D eigenvalue weighted by Crippen LogP contribution is 2.25. The molecule has 0 saturated carbocycles. The highest BCUT2D eigenvalue weighted by Gasteiger charge is 2.18. The average molecular weight is 429 g/mol. The predicted molar refractivity (Wildman–Crippen MR) is 125 cm³/mol. The molecule has 7 nitrogen and oxygen atoms in total. The first-order chi connectivity index (χ1) is 14.7. The zero-order valence-electron chi connectivity index (χ0n) is 17.8. The number of hydrogen-bond donors (Lipinski definition) is 2. The summed E-state index contributed by atoms with van der Waals surface area (Å²) in [6, 6.07) is 6.06. The second-order valence-electron chi connectivity index (χ2n) is 8.18. The monoisotopic (exact) mass is 428 g/mol. The van der Waals surface area contributed by atoms with Gasteiger partial charge in [-0.25, -0.2) is 0 Å². The minimum atomic E-state index is 0.502. The summed E-state index contributed by atoms with van der Waals surface area (Å²) in [5.41, 5.74) is 0. The van der Waals surface area contributed by atoms with Gasteiger partial charge < -0.3 is 24.9 Å². The van der Waals surface area contributed by atoms with Crippen molar-refractivity contribution < 1.29 is 4.42 Å². The predicted octanol–water partition coefficient (Wildman–Crippen LogP) is 4.24. The average Bonchev–Trinajstić information content (AvgIpc) is 3.00. The first kappa shape index (κ1) is 20.9. The van der Waals surface area contributed by atoms with Crippen LogP contribution in [0.4, 0.5) is 17.6 Å². The van der Waals surface area contributed by atoms with Gasteiger partial charge >= 0.3 is 0 Å². The van der Waals surface area contributed by atoms with Gasteiger partial charge in [0, 0.05) is 32.2 Å². The molecule has 2 N–H and O–H groups in total. The lowest BCUT2D eigenvalue weighted by atomic mass is 10.1. The van der Waals surface area contributed by atoms with Gasteiger partial charge in [0.05, 0.1) is 6.54 Å². The van der Waals surface area contributed by atoms with Crippen LogP contribution in [0.1, 0.15) is 56.5 Å². The van der Waals surface area contributed by atoms with Gasteiger partial charge in [0.1, 0.15) is 23.2 Å².